The second kappa shape index (κ2) is 7.93. The summed E-state index contributed by atoms with van der Waals surface area (Å²) in [5.41, 5.74) is 0.755. The zero-order chi connectivity index (χ0) is 25.3. The van der Waals surface area contributed by atoms with Crippen LogP contribution in [0.3, 0.4) is 0 Å². The molecule has 1 aliphatic carbocycles. The number of fused-ring (bicyclic) bond motifs is 5. The summed E-state index contributed by atoms with van der Waals surface area (Å²) < 4.78 is 35.9. The Hall–Kier alpha value is -3.13. The van der Waals surface area contributed by atoms with Crippen LogP contribution in [0, 0.1) is 12.8 Å². The second-order valence-electron chi connectivity index (χ2n) is 10.4. The van der Waals surface area contributed by atoms with E-state index >= 15 is 0 Å². The summed E-state index contributed by atoms with van der Waals surface area (Å²) >= 11 is 0. The molecule has 2 aromatic rings. The van der Waals surface area contributed by atoms with Crippen molar-refractivity contribution in [2.24, 2.45) is 5.92 Å². The fourth-order valence-electron chi connectivity index (χ4n) is 7.21. The van der Waals surface area contributed by atoms with Crippen molar-refractivity contribution in [2.45, 2.75) is 54.9 Å². The Labute approximate surface area is 211 Å². The van der Waals surface area contributed by atoms with Gasteiger partial charge in [0.2, 0.25) is 5.91 Å². The molecule has 4 aliphatic heterocycles. The first-order valence-corrected chi connectivity index (χ1v) is 14.0. The highest BCUT2D eigenvalue weighted by Gasteiger charge is 2.74. The molecule has 0 aromatic heterocycles. The van der Waals surface area contributed by atoms with Crippen molar-refractivity contribution in [1.29, 1.82) is 0 Å². The van der Waals surface area contributed by atoms with E-state index in [1.54, 1.807) is 36.4 Å². The SMILES string of the molecule is COC(=O)[C@H]1CC2=CC[C@@]13N(S(=O)(=O)c1ccc(C)cc1)c1ccccc1[C@@]31CCN(CCC2)C1=O. The molecule has 2 fully saturated rings. The van der Waals surface area contributed by atoms with Crippen molar-refractivity contribution in [2.75, 3.05) is 24.5 Å². The number of rotatable bonds is 3. The molecule has 1 amide bonds. The first-order valence-electron chi connectivity index (χ1n) is 12.5. The third-order valence-corrected chi connectivity index (χ3v) is 10.7. The van der Waals surface area contributed by atoms with Crippen LogP contribution in [0.15, 0.2) is 65.1 Å². The van der Waals surface area contributed by atoms with Crippen molar-refractivity contribution in [3.8, 4) is 0 Å². The molecule has 0 N–H and O–H groups in total. The standard InChI is InChI=1S/C28H30N2O5S/c1-19-9-11-21(12-10-19)36(33,34)30-24-8-4-3-7-22(24)27-15-17-29(26(27)32)16-5-6-20-13-14-28(27,30)23(18-20)25(31)35-2/h3-4,7-13,23H,5-6,14-18H2,1-2H3/t23-,27-,28-/m1/s1. The van der Waals surface area contributed by atoms with E-state index in [0.717, 1.165) is 24.0 Å². The monoisotopic (exact) mass is 506 g/mol. The van der Waals surface area contributed by atoms with Crippen molar-refractivity contribution >= 4 is 27.6 Å². The largest absolute Gasteiger partial charge is 0.469 e. The number of methoxy groups -OCH3 is 1. The normalized spacial score (nSPS) is 29.0. The predicted molar refractivity (Wildman–Crippen MR) is 135 cm³/mol. The van der Waals surface area contributed by atoms with Gasteiger partial charge in [0.15, 0.2) is 0 Å². The van der Waals surface area contributed by atoms with Crippen molar-refractivity contribution in [3.05, 3.63) is 71.3 Å². The number of para-hydroxylation sites is 1. The lowest BCUT2D eigenvalue weighted by Crippen LogP contribution is -2.68. The van der Waals surface area contributed by atoms with Gasteiger partial charge in [-0.3, -0.25) is 13.9 Å². The maximum Gasteiger partial charge on any atom is 0.311 e. The number of anilines is 1. The number of nitrogens with zero attached hydrogens (tertiary/aromatic N) is 2. The van der Waals surface area contributed by atoms with Crippen LogP contribution in [0.5, 0.6) is 0 Å². The summed E-state index contributed by atoms with van der Waals surface area (Å²) in [5.74, 6) is -1.36. The highest BCUT2D eigenvalue weighted by molar-refractivity contribution is 7.93. The molecule has 2 aromatic carbocycles. The molecule has 3 atom stereocenters. The average molecular weight is 507 g/mol. The van der Waals surface area contributed by atoms with Crippen LogP contribution >= 0.6 is 0 Å². The molecule has 4 heterocycles. The molecular formula is C28H30N2O5S. The van der Waals surface area contributed by atoms with Gasteiger partial charge in [0, 0.05) is 13.1 Å². The molecule has 4 bridgehead atoms. The summed E-state index contributed by atoms with van der Waals surface area (Å²) in [5, 5.41) is 0. The number of benzene rings is 2. The Kier molecular flexibility index (Phi) is 5.13. The number of allylic oxidation sites excluding steroid dienone is 1. The van der Waals surface area contributed by atoms with Gasteiger partial charge in [-0.15, -0.1) is 0 Å². The number of carbonyl (C=O) groups excluding carboxylic acids is 2. The summed E-state index contributed by atoms with van der Waals surface area (Å²) in [6.45, 7) is 3.07. The Morgan fingerprint density at radius 2 is 1.83 bits per heavy atom. The predicted octanol–water partition coefficient (Wildman–Crippen LogP) is 3.72. The molecule has 7 nitrogen and oxygen atoms in total. The molecule has 188 valence electrons. The molecule has 0 radical (unpaired) electrons. The van der Waals surface area contributed by atoms with Crippen LogP contribution in [0.4, 0.5) is 5.69 Å². The number of sulfonamides is 1. The van der Waals surface area contributed by atoms with Crippen LogP contribution < -0.4 is 4.31 Å². The van der Waals surface area contributed by atoms with E-state index in [1.165, 1.54) is 11.4 Å². The van der Waals surface area contributed by atoms with Crippen LogP contribution in [0.2, 0.25) is 0 Å². The first kappa shape index (κ1) is 23.3. The molecule has 0 unspecified atom stereocenters. The van der Waals surface area contributed by atoms with E-state index in [1.807, 2.05) is 24.0 Å². The van der Waals surface area contributed by atoms with E-state index in [9.17, 15) is 18.0 Å². The second-order valence-corrected chi connectivity index (χ2v) is 12.2. The molecule has 7 rings (SSSR count). The Morgan fingerprint density at radius 3 is 2.58 bits per heavy atom. The van der Waals surface area contributed by atoms with E-state index in [2.05, 4.69) is 6.08 Å². The number of esters is 1. The lowest BCUT2D eigenvalue weighted by atomic mass is 9.56. The van der Waals surface area contributed by atoms with E-state index in [0.29, 0.717) is 37.2 Å². The van der Waals surface area contributed by atoms with Gasteiger partial charge in [-0.1, -0.05) is 47.5 Å². The van der Waals surface area contributed by atoms with Gasteiger partial charge < -0.3 is 9.64 Å². The smallest absolute Gasteiger partial charge is 0.311 e. The Bertz CT molecular complexity index is 1400. The van der Waals surface area contributed by atoms with Gasteiger partial charge >= 0.3 is 5.97 Å². The Morgan fingerprint density at radius 1 is 1.08 bits per heavy atom. The average Bonchev–Trinajstić information content (AvgIpc) is 3.32. The van der Waals surface area contributed by atoms with Crippen molar-refractivity contribution < 1.29 is 22.7 Å². The zero-order valence-corrected chi connectivity index (χ0v) is 21.4. The van der Waals surface area contributed by atoms with E-state index in [4.69, 9.17) is 4.74 Å². The number of hydrogen-bond donors (Lipinski definition) is 0. The molecule has 2 spiro atoms. The number of amides is 1. The number of aryl methyl sites for hydroxylation is 1. The molecule has 0 saturated carbocycles. The molecule has 36 heavy (non-hydrogen) atoms. The number of ether oxygens (including phenoxy) is 1. The lowest BCUT2D eigenvalue weighted by molar-refractivity contribution is -0.151. The van der Waals surface area contributed by atoms with Crippen LogP contribution in [0.25, 0.3) is 0 Å². The molecule has 5 aliphatic rings. The summed E-state index contributed by atoms with van der Waals surface area (Å²) in [4.78, 5) is 30.0. The molecule has 2 saturated heterocycles. The highest BCUT2D eigenvalue weighted by atomic mass is 32.2. The van der Waals surface area contributed by atoms with Gasteiger partial charge in [0.05, 0.1) is 29.1 Å². The number of hydrogen-bond acceptors (Lipinski definition) is 5. The van der Waals surface area contributed by atoms with Gasteiger partial charge in [0.25, 0.3) is 10.0 Å². The quantitative estimate of drug-likeness (QED) is 0.468. The fourth-order valence-corrected chi connectivity index (χ4v) is 9.11. The summed E-state index contributed by atoms with van der Waals surface area (Å²) in [6.07, 6.45) is 4.81. The number of carbonyl (C=O) groups is 2. The van der Waals surface area contributed by atoms with Crippen LogP contribution in [-0.2, 0) is 29.8 Å². The maximum absolute atomic E-state index is 14.6. The lowest BCUT2D eigenvalue weighted by Gasteiger charge is -2.52. The van der Waals surface area contributed by atoms with Gasteiger partial charge in [-0.25, -0.2) is 8.42 Å². The highest BCUT2D eigenvalue weighted by Crippen LogP contribution is 2.64. The van der Waals surface area contributed by atoms with Crippen molar-refractivity contribution in [3.63, 3.8) is 0 Å². The fraction of sp³-hybridized carbons (Fsp3) is 0.429. The summed E-state index contributed by atoms with van der Waals surface area (Å²) in [7, 11) is -2.79. The topological polar surface area (TPSA) is 84.0 Å². The zero-order valence-electron chi connectivity index (χ0n) is 20.6. The van der Waals surface area contributed by atoms with E-state index in [-0.39, 0.29) is 17.2 Å². The minimum absolute atomic E-state index is 0.0794. The van der Waals surface area contributed by atoms with Gasteiger partial charge in [-0.05, 0) is 62.8 Å². The minimum atomic E-state index is -4.14. The Balaban J connectivity index is 1.71. The molecular weight excluding hydrogens is 476 g/mol. The van der Waals surface area contributed by atoms with Crippen molar-refractivity contribution in [1.82, 2.24) is 4.90 Å². The third kappa shape index (κ3) is 2.82. The third-order valence-electron chi connectivity index (χ3n) is 8.81. The first-order chi connectivity index (χ1) is 17.3. The van der Waals surface area contributed by atoms with Gasteiger partial charge in [0.1, 0.15) is 5.41 Å². The van der Waals surface area contributed by atoms with Crippen LogP contribution in [0.1, 0.15) is 43.2 Å². The summed E-state index contributed by atoms with van der Waals surface area (Å²) in [6, 6.07) is 14.1. The van der Waals surface area contributed by atoms with E-state index < -0.39 is 32.9 Å². The molecule has 8 heteroatoms. The van der Waals surface area contributed by atoms with Crippen LogP contribution in [-0.4, -0.2) is 50.9 Å². The van der Waals surface area contributed by atoms with Gasteiger partial charge in [-0.2, -0.15) is 0 Å². The minimum Gasteiger partial charge on any atom is -0.469 e. The maximum atomic E-state index is 14.6.